The van der Waals surface area contributed by atoms with Crippen LogP contribution in [0.15, 0.2) is 42.5 Å². The number of primary amides is 1. The summed E-state index contributed by atoms with van der Waals surface area (Å²) in [6.45, 7) is 1.12. The van der Waals surface area contributed by atoms with Crippen LogP contribution in [0.3, 0.4) is 0 Å². The van der Waals surface area contributed by atoms with E-state index in [1.54, 1.807) is 16.9 Å². The summed E-state index contributed by atoms with van der Waals surface area (Å²) in [4.78, 5) is 41.4. The van der Waals surface area contributed by atoms with Crippen LogP contribution in [0, 0.1) is 0 Å². The second-order valence-electron chi connectivity index (χ2n) is 8.68. The Hall–Kier alpha value is -3.72. The molecule has 9 heteroatoms. The fraction of sp³-hybridized carbons (Fsp3) is 0.360. The van der Waals surface area contributed by atoms with Gasteiger partial charge in [-0.25, -0.2) is 4.68 Å². The third-order valence-electron chi connectivity index (χ3n) is 6.63. The maximum absolute atomic E-state index is 13.6. The van der Waals surface area contributed by atoms with E-state index in [1.165, 1.54) is 4.68 Å². The molecule has 2 aromatic rings. The number of benzene rings is 1. The Morgan fingerprint density at radius 3 is 2.41 bits per heavy atom. The molecule has 176 valence electrons. The number of ether oxygens (including phenoxy) is 1. The molecule has 2 N–H and O–H groups in total. The van der Waals surface area contributed by atoms with Crippen molar-refractivity contribution in [2.75, 3.05) is 30.0 Å². The Morgan fingerprint density at radius 1 is 1.06 bits per heavy atom. The van der Waals surface area contributed by atoms with Gasteiger partial charge in [-0.1, -0.05) is 12.2 Å². The second-order valence-corrected chi connectivity index (χ2v) is 8.68. The minimum absolute atomic E-state index is 0.0387. The molecule has 1 aromatic heterocycles. The SMILES string of the molecule is COC1C=CC(n2nc(C(N)=O)c3c2C(=O)N(c2ccc(N4CCCCC4=O)cc2)CC3)=CC1. The summed E-state index contributed by atoms with van der Waals surface area (Å²) in [5, 5.41) is 4.42. The monoisotopic (exact) mass is 461 g/mol. The van der Waals surface area contributed by atoms with Gasteiger partial charge in [-0.15, -0.1) is 0 Å². The predicted octanol–water partition coefficient (Wildman–Crippen LogP) is 2.52. The lowest BCUT2D eigenvalue weighted by atomic mass is 10.0. The van der Waals surface area contributed by atoms with Gasteiger partial charge < -0.3 is 20.3 Å². The fourth-order valence-corrected chi connectivity index (χ4v) is 4.80. The van der Waals surface area contributed by atoms with Crippen LogP contribution < -0.4 is 15.5 Å². The highest BCUT2D eigenvalue weighted by Gasteiger charge is 2.35. The van der Waals surface area contributed by atoms with Gasteiger partial charge in [0.25, 0.3) is 11.8 Å². The molecule has 1 saturated heterocycles. The molecule has 3 heterocycles. The van der Waals surface area contributed by atoms with Crippen molar-refractivity contribution in [2.24, 2.45) is 5.73 Å². The summed E-state index contributed by atoms with van der Waals surface area (Å²) in [5.74, 6) is -0.765. The van der Waals surface area contributed by atoms with Gasteiger partial charge in [0.05, 0.1) is 11.8 Å². The van der Waals surface area contributed by atoms with Crippen LogP contribution in [-0.2, 0) is 16.0 Å². The molecule has 0 bridgehead atoms. The molecule has 34 heavy (non-hydrogen) atoms. The Labute approximate surface area is 197 Å². The highest BCUT2D eigenvalue weighted by molar-refractivity contribution is 6.10. The van der Waals surface area contributed by atoms with E-state index in [9.17, 15) is 14.4 Å². The number of nitrogens with zero attached hydrogens (tertiary/aromatic N) is 4. The molecule has 2 aliphatic heterocycles. The maximum Gasteiger partial charge on any atom is 0.277 e. The van der Waals surface area contributed by atoms with Crippen LogP contribution in [0.1, 0.15) is 52.2 Å². The van der Waals surface area contributed by atoms with Crippen molar-refractivity contribution < 1.29 is 19.1 Å². The van der Waals surface area contributed by atoms with E-state index < -0.39 is 5.91 Å². The summed E-state index contributed by atoms with van der Waals surface area (Å²) in [7, 11) is 1.64. The fourth-order valence-electron chi connectivity index (χ4n) is 4.80. The van der Waals surface area contributed by atoms with Crippen LogP contribution in [0.5, 0.6) is 0 Å². The number of amides is 3. The van der Waals surface area contributed by atoms with Gasteiger partial charge in [0.2, 0.25) is 5.91 Å². The maximum atomic E-state index is 13.6. The van der Waals surface area contributed by atoms with Gasteiger partial charge in [-0.05, 0) is 56.0 Å². The van der Waals surface area contributed by atoms with E-state index in [2.05, 4.69) is 5.10 Å². The number of rotatable bonds is 5. The minimum Gasteiger partial charge on any atom is -0.377 e. The number of methoxy groups -OCH3 is 1. The molecule has 5 rings (SSSR count). The Balaban J connectivity index is 1.46. The number of piperidine rings is 1. The molecular formula is C25H27N5O4. The van der Waals surface area contributed by atoms with E-state index in [0.717, 1.165) is 24.2 Å². The van der Waals surface area contributed by atoms with Crippen LogP contribution in [0.2, 0.25) is 0 Å². The first-order valence-electron chi connectivity index (χ1n) is 11.5. The molecule has 3 aliphatic rings. The van der Waals surface area contributed by atoms with Gasteiger partial charge in [0.15, 0.2) is 5.69 Å². The molecule has 3 amide bonds. The topological polar surface area (TPSA) is 111 Å². The molecule has 1 fully saturated rings. The molecular weight excluding hydrogens is 434 g/mol. The summed E-state index contributed by atoms with van der Waals surface area (Å²) in [6.07, 6.45) is 9.22. The normalized spacial score (nSPS) is 20.4. The second kappa shape index (κ2) is 8.90. The van der Waals surface area contributed by atoms with Crippen LogP contribution in [0.25, 0.3) is 5.70 Å². The smallest absolute Gasteiger partial charge is 0.277 e. The third-order valence-corrected chi connectivity index (χ3v) is 6.63. The first kappa shape index (κ1) is 22.1. The van der Waals surface area contributed by atoms with E-state index in [-0.39, 0.29) is 23.6 Å². The molecule has 0 saturated carbocycles. The van der Waals surface area contributed by atoms with Crippen LogP contribution in [-0.4, -0.2) is 53.8 Å². The largest absolute Gasteiger partial charge is 0.377 e. The highest BCUT2D eigenvalue weighted by Crippen LogP contribution is 2.31. The van der Waals surface area contributed by atoms with Crippen molar-refractivity contribution in [3.8, 4) is 0 Å². The number of allylic oxidation sites excluding steroid dienone is 2. The first-order chi connectivity index (χ1) is 16.5. The van der Waals surface area contributed by atoms with Crippen molar-refractivity contribution >= 4 is 34.8 Å². The summed E-state index contributed by atoms with van der Waals surface area (Å²) in [5.41, 5.74) is 8.90. The summed E-state index contributed by atoms with van der Waals surface area (Å²) >= 11 is 0. The summed E-state index contributed by atoms with van der Waals surface area (Å²) in [6, 6.07) is 7.48. The Morgan fingerprint density at radius 2 is 1.79 bits per heavy atom. The van der Waals surface area contributed by atoms with Crippen LogP contribution in [0.4, 0.5) is 11.4 Å². The van der Waals surface area contributed by atoms with Crippen molar-refractivity contribution in [3.63, 3.8) is 0 Å². The van der Waals surface area contributed by atoms with Crippen molar-refractivity contribution in [1.29, 1.82) is 0 Å². The van der Waals surface area contributed by atoms with E-state index in [0.29, 0.717) is 49.3 Å². The number of aromatic nitrogens is 2. The molecule has 1 aromatic carbocycles. The molecule has 1 aliphatic carbocycles. The number of fused-ring (bicyclic) bond motifs is 1. The van der Waals surface area contributed by atoms with Gasteiger partial charge in [0.1, 0.15) is 5.69 Å². The zero-order valence-corrected chi connectivity index (χ0v) is 19.1. The van der Waals surface area contributed by atoms with Crippen molar-refractivity contribution in [2.45, 2.75) is 38.2 Å². The van der Waals surface area contributed by atoms with Gasteiger partial charge in [-0.2, -0.15) is 5.10 Å². The average molecular weight is 462 g/mol. The van der Waals surface area contributed by atoms with E-state index in [1.807, 2.05) is 42.5 Å². The molecule has 0 radical (unpaired) electrons. The zero-order valence-electron chi connectivity index (χ0n) is 19.1. The predicted molar refractivity (Wildman–Crippen MR) is 128 cm³/mol. The highest BCUT2D eigenvalue weighted by atomic mass is 16.5. The number of hydrogen-bond acceptors (Lipinski definition) is 5. The van der Waals surface area contributed by atoms with E-state index >= 15 is 0 Å². The number of carbonyl (C=O) groups is 3. The first-order valence-corrected chi connectivity index (χ1v) is 11.5. The van der Waals surface area contributed by atoms with Gasteiger partial charge >= 0.3 is 0 Å². The zero-order chi connectivity index (χ0) is 23.8. The molecule has 9 nitrogen and oxygen atoms in total. The quantitative estimate of drug-likeness (QED) is 0.736. The average Bonchev–Trinajstić information content (AvgIpc) is 3.26. The third kappa shape index (κ3) is 3.81. The number of hydrogen-bond donors (Lipinski definition) is 1. The van der Waals surface area contributed by atoms with Crippen molar-refractivity contribution in [3.05, 3.63) is 59.4 Å². The van der Waals surface area contributed by atoms with Gasteiger partial charge in [-0.3, -0.25) is 14.4 Å². The number of carbonyl (C=O) groups excluding carboxylic acids is 3. The van der Waals surface area contributed by atoms with E-state index in [4.69, 9.17) is 10.5 Å². The molecule has 1 unspecified atom stereocenters. The summed E-state index contributed by atoms with van der Waals surface area (Å²) < 4.78 is 6.87. The number of anilines is 2. The Bertz CT molecular complexity index is 1210. The van der Waals surface area contributed by atoms with Crippen molar-refractivity contribution in [1.82, 2.24) is 9.78 Å². The molecule has 0 spiro atoms. The van der Waals surface area contributed by atoms with Crippen LogP contribution >= 0.6 is 0 Å². The van der Waals surface area contributed by atoms with Gasteiger partial charge in [0, 0.05) is 43.6 Å². The minimum atomic E-state index is -0.651. The lowest BCUT2D eigenvalue weighted by Gasteiger charge is -2.30. The lowest BCUT2D eigenvalue weighted by molar-refractivity contribution is -0.119. The standard InChI is InChI=1S/C25H27N5O4/c1-34-19-11-9-18(10-12-19)30-23-20(22(27-30)24(26)32)13-15-29(25(23)33)17-7-5-16(6-8-17)28-14-3-2-4-21(28)31/h5-11,19H,2-4,12-15H2,1H3,(H2,26,32). The lowest BCUT2D eigenvalue weighted by Crippen LogP contribution is -2.39. The Kier molecular flexibility index (Phi) is 5.79. The molecule has 1 atom stereocenters. The number of nitrogens with two attached hydrogens (primary N) is 1.